The largest absolute Gasteiger partial charge is 0.457 e. The Morgan fingerprint density at radius 3 is 2.33 bits per heavy atom. The molecule has 3 rings (SSSR count). The van der Waals surface area contributed by atoms with Crippen LogP contribution in [0.25, 0.3) is 0 Å². The lowest BCUT2D eigenvalue weighted by atomic mass is 10.1. The summed E-state index contributed by atoms with van der Waals surface area (Å²) < 4.78 is 34.2. The second kappa shape index (κ2) is 4.89. The predicted molar refractivity (Wildman–Crippen MR) is 69.2 cm³/mol. The van der Waals surface area contributed by atoms with Crippen molar-refractivity contribution in [3.05, 3.63) is 0 Å². The molecule has 0 aromatic carbocycles. The molecule has 3 fully saturated rings. The average molecular weight is 302 g/mol. The summed E-state index contributed by atoms with van der Waals surface area (Å²) >= 11 is 0. The fourth-order valence-electron chi connectivity index (χ4n) is 3.01. The van der Waals surface area contributed by atoms with Gasteiger partial charge in [-0.15, -0.1) is 0 Å². The minimum Gasteiger partial charge on any atom is -0.457 e. The second-order valence-corrected chi connectivity index (χ2v) is 6.51. The molecule has 0 amide bonds. The van der Waals surface area contributed by atoms with Crippen molar-refractivity contribution in [2.75, 3.05) is 6.61 Å². The molecule has 5 atom stereocenters. The molecule has 0 bridgehead atoms. The van der Waals surface area contributed by atoms with E-state index in [9.17, 15) is 4.79 Å². The second-order valence-electron chi connectivity index (χ2n) is 6.51. The van der Waals surface area contributed by atoms with E-state index in [0.717, 1.165) is 0 Å². The lowest BCUT2D eigenvalue weighted by molar-refractivity contribution is -0.235. The van der Waals surface area contributed by atoms with E-state index < -0.39 is 36.2 Å². The topological polar surface area (TPSA) is 72.5 Å². The molecule has 0 spiro atoms. The summed E-state index contributed by atoms with van der Waals surface area (Å²) in [5.74, 6) is -1.82. The Hall–Kier alpha value is -0.730. The first kappa shape index (κ1) is 15.2. The molecule has 3 saturated heterocycles. The molecular weight excluding hydrogens is 280 g/mol. The van der Waals surface area contributed by atoms with E-state index >= 15 is 0 Å². The van der Waals surface area contributed by atoms with E-state index in [-0.39, 0.29) is 12.1 Å². The Labute approximate surface area is 123 Å². The highest BCUT2D eigenvalue weighted by atomic mass is 16.8. The first-order chi connectivity index (χ1) is 9.67. The van der Waals surface area contributed by atoms with Crippen LogP contribution in [0, 0.1) is 0 Å². The van der Waals surface area contributed by atoms with Crippen molar-refractivity contribution in [3.8, 4) is 0 Å². The number of carbonyl (C=O) groups is 1. The van der Waals surface area contributed by atoms with Crippen LogP contribution >= 0.6 is 0 Å². The van der Waals surface area contributed by atoms with Gasteiger partial charge >= 0.3 is 5.97 Å². The van der Waals surface area contributed by atoms with Crippen LogP contribution < -0.4 is 0 Å². The smallest absolute Gasteiger partial charge is 0.303 e. The highest BCUT2D eigenvalue weighted by Crippen LogP contribution is 2.41. The average Bonchev–Trinajstić information content (AvgIpc) is 2.90. The zero-order valence-electron chi connectivity index (χ0n) is 13.0. The maximum atomic E-state index is 11.4. The molecule has 3 aliphatic rings. The van der Waals surface area contributed by atoms with Crippen molar-refractivity contribution in [1.29, 1.82) is 0 Å². The molecule has 0 aromatic rings. The lowest BCUT2D eigenvalue weighted by Crippen LogP contribution is -2.44. The molecule has 3 aliphatic heterocycles. The van der Waals surface area contributed by atoms with E-state index in [1.54, 1.807) is 13.8 Å². The van der Waals surface area contributed by atoms with Crippen LogP contribution in [0.2, 0.25) is 0 Å². The molecule has 0 aliphatic carbocycles. The van der Waals surface area contributed by atoms with Crippen molar-refractivity contribution in [2.24, 2.45) is 0 Å². The third-order valence-electron chi connectivity index (χ3n) is 3.73. The van der Waals surface area contributed by atoms with Crippen LogP contribution in [-0.2, 0) is 33.2 Å². The van der Waals surface area contributed by atoms with E-state index in [0.29, 0.717) is 6.61 Å². The van der Waals surface area contributed by atoms with Gasteiger partial charge in [0.15, 0.2) is 30.1 Å². The fourth-order valence-corrected chi connectivity index (χ4v) is 3.01. The molecule has 2 unspecified atom stereocenters. The van der Waals surface area contributed by atoms with Crippen LogP contribution in [0.3, 0.4) is 0 Å². The van der Waals surface area contributed by atoms with E-state index in [1.807, 2.05) is 13.8 Å². The van der Waals surface area contributed by atoms with Crippen molar-refractivity contribution in [1.82, 2.24) is 0 Å². The highest BCUT2D eigenvalue weighted by Gasteiger charge is 2.59. The molecule has 7 heteroatoms. The number of esters is 1. The van der Waals surface area contributed by atoms with Crippen molar-refractivity contribution < 1.29 is 33.2 Å². The molecule has 0 saturated carbocycles. The van der Waals surface area contributed by atoms with E-state index in [2.05, 4.69) is 0 Å². The summed E-state index contributed by atoms with van der Waals surface area (Å²) in [6.45, 7) is 9.00. The van der Waals surface area contributed by atoms with Gasteiger partial charge in [0.05, 0.1) is 6.61 Å². The van der Waals surface area contributed by atoms with Gasteiger partial charge in [-0.1, -0.05) is 0 Å². The van der Waals surface area contributed by atoms with Crippen molar-refractivity contribution >= 4 is 5.97 Å². The quantitative estimate of drug-likeness (QED) is 0.703. The molecule has 7 nitrogen and oxygen atoms in total. The number of carbonyl (C=O) groups excluding carboxylic acids is 1. The van der Waals surface area contributed by atoms with Gasteiger partial charge in [-0.2, -0.15) is 0 Å². The molecule has 21 heavy (non-hydrogen) atoms. The van der Waals surface area contributed by atoms with Crippen LogP contribution in [0.4, 0.5) is 0 Å². The molecule has 0 N–H and O–H groups in total. The number of ether oxygens (including phenoxy) is 6. The van der Waals surface area contributed by atoms with E-state index in [1.165, 1.54) is 6.92 Å². The van der Waals surface area contributed by atoms with Gasteiger partial charge in [-0.3, -0.25) is 4.79 Å². The molecule has 0 radical (unpaired) electrons. The van der Waals surface area contributed by atoms with Gasteiger partial charge in [0.25, 0.3) is 0 Å². The van der Waals surface area contributed by atoms with Gasteiger partial charge in [0.1, 0.15) is 12.2 Å². The number of fused-ring (bicyclic) bond motifs is 1. The third-order valence-corrected chi connectivity index (χ3v) is 3.73. The predicted octanol–water partition coefficient (Wildman–Crippen LogP) is 0.946. The van der Waals surface area contributed by atoms with Gasteiger partial charge < -0.3 is 28.4 Å². The normalized spacial score (nSPS) is 43.8. The Bertz CT molecular complexity index is 433. The Kier molecular flexibility index (Phi) is 3.53. The first-order valence-corrected chi connectivity index (χ1v) is 7.17. The summed E-state index contributed by atoms with van der Waals surface area (Å²) in [5.41, 5.74) is 0. The standard InChI is InChI=1S/C14H22O7/c1-7(15)17-10-9(8-6-16-13(2,3)19-8)18-12-11(10)20-14(4,5)21-12/h8-12H,6H2,1-5H3/t8?,9-,10+,11?,12+/m0/s1. The maximum Gasteiger partial charge on any atom is 0.303 e. The molecule has 3 heterocycles. The SMILES string of the molecule is CC(=O)O[C@H]1C2OC(C)(C)O[C@H]2O[C@H]1C1COC(C)(C)O1. The monoisotopic (exact) mass is 302 g/mol. The molecule has 0 aromatic heterocycles. The number of hydrogen-bond donors (Lipinski definition) is 0. The van der Waals surface area contributed by atoms with Gasteiger partial charge in [-0.25, -0.2) is 0 Å². The van der Waals surface area contributed by atoms with Crippen LogP contribution in [0.5, 0.6) is 0 Å². The minimum atomic E-state index is -0.759. The Morgan fingerprint density at radius 2 is 1.76 bits per heavy atom. The number of hydrogen-bond acceptors (Lipinski definition) is 7. The van der Waals surface area contributed by atoms with E-state index in [4.69, 9.17) is 28.4 Å². The summed E-state index contributed by atoms with van der Waals surface area (Å²) in [7, 11) is 0. The summed E-state index contributed by atoms with van der Waals surface area (Å²) in [6.07, 6.45) is -2.40. The maximum absolute atomic E-state index is 11.4. The van der Waals surface area contributed by atoms with Crippen LogP contribution in [0.15, 0.2) is 0 Å². The van der Waals surface area contributed by atoms with Crippen LogP contribution in [-0.4, -0.2) is 54.9 Å². The molecular formula is C14H22O7. The Morgan fingerprint density at radius 1 is 1.05 bits per heavy atom. The Balaban J connectivity index is 1.77. The summed E-state index contributed by atoms with van der Waals surface area (Å²) in [4.78, 5) is 11.4. The number of rotatable bonds is 2. The summed E-state index contributed by atoms with van der Waals surface area (Å²) in [6, 6.07) is 0. The van der Waals surface area contributed by atoms with Gasteiger partial charge in [0, 0.05) is 6.92 Å². The van der Waals surface area contributed by atoms with Gasteiger partial charge in [0.2, 0.25) is 0 Å². The zero-order chi connectivity index (χ0) is 15.4. The van der Waals surface area contributed by atoms with Crippen molar-refractivity contribution in [3.63, 3.8) is 0 Å². The first-order valence-electron chi connectivity index (χ1n) is 7.17. The van der Waals surface area contributed by atoms with Crippen LogP contribution in [0.1, 0.15) is 34.6 Å². The zero-order valence-corrected chi connectivity index (χ0v) is 13.0. The third kappa shape index (κ3) is 2.93. The van der Waals surface area contributed by atoms with Crippen molar-refractivity contribution in [2.45, 2.75) is 76.9 Å². The fraction of sp³-hybridized carbons (Fsp3) is 0.929. The summed E-state index contributed by atoms with van der Waals surface area (Å²) in [5, 5.41) is 0. The minimum absolute atomic E-state index is 0.328. The molecule has 120 valence electrons. The lowest BCUT2D eigenvalue weighted by Gasteiger charge is -2.28. The highest BCUT2D eigenvalue weighted by molar-refractivity contribution is 5.66. The van der Waals surface area contributed by atoms with Gasteiger partial charge in [-0.05, 0) is 27.7 Å².